The summed E-state index contributed by atoms with van der Waals surface area (Å²) < 4.78 is 0. The predicted molar refractivity (Wildman–Crippen MR) is 83.2 cm³/mol. The minimum absolute atomic E-state index is 0.162. The zero-order chi connectivity index (χ0) is 14.5. The van der Waals surface area contributed by atoms with E-state index in [1.807, 2.05) is 24.3 Å². The van der Waals surface area contributed by atoms with Crippen molar-refractivity contribution in [3.8, 4) is 0 Å². The summed E-state index contributed by atoms with van der Waals surface area (Å²) in [6, 6.07) is 9.18. The average Bonchev–Trinajstić information content (AvgIpc) is 2.48. The van der Waals surface area contributed by atoms with Crippen LogP contribution >= 0.6 is 11.6 Å². The summed E-state index contributed by atoms with van der Waals surface area (Å²) in [5.41, 5.74) is 1.12. The summed E-state index contributed by atoms with van der Waals surface area (Å²) in [5.74, 6) is 0.347. The number of nitrogens with one attached hydrogen (secondary N) is 1. The van der Waals surface area contributed by atoms with E-state index < -0.39 is 0 Å². The Morgan fingerprint density at radius 1 is 1.30 bits per heavy atom. The Labute approximate surface area is 124 Å². The van der Waals surface area contributed by atoms with Crippen molar-refractivity contribution in [3.63, 3.8) is 0 Å². The zero-order valence-corrected chi connectivity index (χ0v) is 12.6. The van der Waals surface area contributed by atoms with E-state index in [0.717, 1.165) is 23.7 Å². The molecule has 1 aromatic heterocycles. The highest BCUT2D eigenvalue weighted by Crippen LogP contribution is 2.22. The predicted octanol–water partition coefficient (Wildman–Crippen LogP) is 4.05. The van der Waals surface area contributed by atoms with Crippen LogP contribution in [0, 0.1) is 5.92 Å². The highest BCUT2D eigenvalue weighted by atomic mass is 35.5. The molecule has 1 amide bonds. The van der Waals surface area contributed by atoms with Crippen LogP contribution in [0.25, 0.3) is 10.9 Å². The van der Waals surface area contributed by atoms with Crippen molar-refractivity contribution >= 4 is 28.4 Å². The van der Waals surface area contributed by atoms with Gasteiger partial charge in [-0.15, -0.1) is 0 Å². The molecular formula is C16H19ClN2O. The van der Waals surface area contributed by atoms with E-state index in [-0.39, 0.29) is 5.91 Å². The van der Waals surface area contributed by atoms with E-state index in [1.54, 1.807) is 6.07 Å². The molecular weight excluding hydrogens is 272 g/mol. The van der Waals surface area contributed by atoms with E-state index >= 15 is 0 Å². The first kappa shape index (κ1) is 14.8. The number of rotatable bonds is 5. The summed E-state index contributed by atoms with van der Waals surface area (Å²) >= 11 is 6.20. The van der Waals surface area contributed by atoms with Gasteiger partial charge in [0.2, 0.25) is 0 Å². The first-order valence-electron chi connectivity index (χ1n) is 6.99. The van der Waals surface area contributed by atoms with Gasteiger partial charge in [0.25, 0.3) is 5.91 Å². The highest BCUT2D eigenvalue weighted by molar-refractivity contribution is 6.35. The average molecular weight is 291 g/mol. The van der Waals surface area contributed by atoms with Gasteiger partial charge in [-0.25, -0.2) is 4.98 Å². The van der Waals surface area contributed by atoms with Crippen molar-refractivity contribution in [1.29, 1.82) is 0 Å². The number of nitrogens with zero attached hydrogens (tertiary/aromatic N) is 1. The fourth-order valence-corrected chi connectivity index (χ4v) is 2.42. The maximum absolute atomic E-state index is 12.1. The number of benzene rings is 1. The molecule has 0 atom stereocenters. The molecule has 20 heavy (non-hydrogen) atoms. The number of amides is 1. The third-order valence-corrected chi connectivity index (χ3v) is 3.92. The fourth-order valence-electron chi connectivity index (χ4n) is 2.15. The maximum Gasteiger partial charge on any atom is 0.269 e. The lowest BCUT2D eigenvalue weighted by Gasteiger charge is -2.13. The second-order valence-corrected chi connectivity index (χ2v) is 5.31. The minimum Gasteiger partial charge on any atom is -0.350 e. The molecule has 2 aromatic rings. The Bertz CT molecular complexity index is 608. The highest BCUT2D eigenvalue weighted by Gasteiger charge is 2.12. The Morgan fingerprint density at radius 3 is 2.70 bits per heavy atom. The molecule has 0 radical (unpaired) electrons. The van der Waals surface area contributed by atoms with Crippen LogP contribution in [-0.2, 0) is 0 Å². The molecule has 0 fully saturated rings. The van der Waals surface area contributed by atoms with Gasteiger partial charge in [0.1, 0.15) is 5.69 Å². The monoisotopic (exact) mass is 290 g/mol. The molecule has 0 spiro atoms. The normalized spacial score (nSPS) is 11.0. The first-order chi connectivity index (χ1) is 9.65. The molecule has 3 nitrogen and oxygen atoms in total. The van der Waals surface area contributed by atoms with Gasteiger partial charge in [0.05, 0.1) is 10.5 Å². The number of carbonyl (C=O) groups is 1. The topological polar surface area (TPSA) is 42.0 Å². The third-order valence-electron chi connectivity index (χ3n) is 3.60. The maximum atomic E-state index is 12.1. The Kier molecular flexibility index (Phi) is 4.96. The van der Waals surface area contributed by atoms with Crippen LogP contribution in [-0.4, -0.2) is 17.4 Å². The van der Waals surface area contributed by atoms with Crippen molar-refractivity contribution in [2.45, 2.75) is 26.7 Å². The van der Waals surface area contributed by atoms with Gasteiger partial charge in [-0.1, -0.05) is 56.5 Å². The van der Waals surface area contributed by atoms with Crippen LogP contribution < -0.4 is 5.32 Å². The minimum atomic E-state index is -0.162. The largest absolute Gasteiger partial charge is 0.350 e. The summed E-state index contributed by atoms with van der Waals surface area (Å²) in [6.07, 6.45) is 2.12. The van der Waals surface area contributed by atoms with Crippen molar-refractivity contribution in [2.24, 2.45) is 5.92 Å². The van der Waals surface area contributed by atoms with E-state index in [1.165, 1.54) is 0 Å². The molecule has 0 unspecified atom stereocenters. The number of pyridine rings is 1. The van der Waals surface area contributed by atoms with Crippen LogP contribution in [0.3, 0.4) is 0 Å². The van der Waals surface area contributed by atoms with Crippen molar-refractivity contribution < 1.29 is 4.79 Å². The van der Waals surface area contributed by atoms with E-state index in [2.05, 4.69) is 24.1 Å². The standard InChI is InChI=1S/C16H19ClN2O/c1-3-11(4-2)10-18-16(20)15-9-13(17)12-7-5-6-8-14(12)19-15/h5-9,11H,3-4,10H2,1-2H3,(H,18,20). The molecule has 0 aliphatic carbocycles. The molecule has 0 bridgehead atoms. The van der Waals surface area contributed by atoms with E-state index in [0.29, 0.717) is 23.2 Å². The van der Waals surface area contributed by atoms with Gasteiger partial charge in [0, 0.05) is 11.9 Å². The van der Waals surface area contributed by atoms with Crippen LogP contribution in [0.4, 0.5) is 0 Å². The number of halogens is 1. The lowest BCUT2D eigenvalue weighted by Crippen LogP contribution is -2.29. The lowest BCUT2D eigenvalue weighted by molar-refractivity contribution is 0.0942. The van der Waals surface area contributed by atoms with E-state index in [9.17, 15) is 4.79 Å². The molecule has 1 heterocycles. The molecule has 0 aliphatic heterocycles. The Morgan fingerprint density at radius 2 is 2.00 bits per heavy atom. The van der Waals surface area contributed by atoms with Crippen LogP contribution in [0.5, 0.6) is 0 Å². The Balaban J connectivity index is 2.18. The van der Waals surface area contributed by atoms with Crippen LogP contribution in [0.2, 0.25) is 5.02 Å². The number of para-hydroxylation sites is 1. The number of carbonyl (C=O) groups excluding carboxylic acids is 1. The SMILES string of the molecule is CCC(CC)CNC(=O)c1cc(Cl)c2ccccc2n1. The van der Waals surface area contributed by atoms with Gasteiger partial charge in [0.15, 0.2) is 0 Å². The number of fused-ring (bicyclic) bond motifs is 1. The lowest BCUT2D eigenvalue weighted by atomic mass is 10.0. The van der Waals surface area contributed by atoms with E-state index in [4.69, 9.17) is 11.6 Å². The zero-order valence-electron chi connectivity index (χ0n) is 11.8. The van der Waals surface area contributed by atoms with Crippen molar-refractivity contribution in [2.75, 3.05) is 6.54 Å². The molecule has 1 aromatic carbocycles. The van der Waals surface area contributed by atoms with Gasteiger partial charge < -0.3 is 5.32 Å². The fraction of sp³-hybridized carbons (Fsp3) is 0.375. The second kappa shape index (κ2) is 6.71. The third kappa shape index (κ3) is 3.28. The molecule has 0 saturated carbocycles. The Hall–Kier alpha value is -1.61. The first-order valence-corrected chi connectivity index (χ1v) is 7.37. The van der Waals surface area contributed by atoms with Crippen LogP contribution in [0.1, 0.15) is 37.2 Å². The summed E-state index contributed by atoms with van der Waals surface area (Å²) in [6.45, 7) is 4.94. The second-order valence-electron chi connectivity index (χ2n) is 4.90. The molecule has 4 heteroatoms. The van der Waals surface area contributed by atoms with Crippen molar-refractivity contribution in [3.05, 3.63) is 41.0 Å². The smallest absolute Gasteiger partial charge is 0.269 e. The molecule has 1 N–H and O–H groups in total. The number of hydrogen-bond acceptors (Lipinski definition) is 2. The van der Waals surface area contributed by atoms with Gasteiger partial charge in [-0.3, -0.25) is 4.79 Å². The molecule has 106 valence electrons. The number of hydrogen-bond donors (Lipinski definition) is 1. The molecule has 0 aliphatic rings. The quantitative estimate of drug-likeness (QED) is 0.902. The van der Waals surface area contributed by atoms with Gasteiger partial charge in [-0.05, 0) is 18.1 Å². The summed E-state index contributed by atoms with van der Waals surface area (Å²) in [5, 5.41) is 4.36. The summed E-state index contributed by atoms with van der Waals surface area (Å²) in [4.78, 5) is 16.5. The number of aromatic nitrogens is 1. The van der Waals surface area contributed by atoms with Crippen molar-refractivity contribution in [1.82, 2.24) is 10.3 Å². The van der Waals surface area contributed by atoms with Gasteiger partial charge in [-0.2, -0.15) is 0 Å². The van der Waals surface area contributed by atoms with Crippen LogP contribution in [0.15, 0.2) is 30.3 Å². The molecule has 0 saturated heterocycles. The molecule has 2 rings (SSSR count). The van der Waals surface area contributed by atoms with Gasteiger partial charge >= 0.3 is 0 Å². The summed E-state index contributed by atoms with van der Waals surface area (Å²) in [7, 11) is 0.